The van der Waals surface area contributed by atoms with Crippen molar-refractivity contribution in [3.8, 4) is 11.5 Å². The Balaban J connectivity index is 2.23. The molecular weight excluding hydrogens is 311 g/mol. The topological polar surface area (TPSA) is 61.5 Å². The van der Waals surface area contributed by atoms with E-state index in [1.54, 1.807) is 25.1 Å². The molecule has 0 aliphatic carbocycles. The summed E-state index contributed by atoms with van der Waals surface area (Å²) in [5.41, 5.74) is 4.86. The van der Waals surface area contributed by atoms with Gasteiger partial charge in [0.25, 0.3) is 0 Å². The van der Waals surface area contributed by atoms with Crippen LogP contribution >= 0.6 is 0 Å². The number of rotatable bonds is 4. The summed E-state index contributed by atoms with van der Waals surface area (Å²) in [7, 11) is 0. The highest BCUT2D eigenvalue weighted by Crippen LogP contribution is 2.35. The molecule has 0 saturated heterocycles. The number of hydrogen-bond acceptors (Lipinski definition) is 4. The number of nitrogens with two attached hydrogens (primary N) is 1. The van der Waals surface area contributed by atoms with Crippen molar-refractivity contribution < 1.29 is 27.4 Å². The van der Waals surface area contributed by atoms with Crippen LogP contribution in [-0.4, -0.2) is 12.6 Å². The lowest BCUT2D eigenvalue weighted by Crippen LogP contribution is -2.06. The van der Waals surface area contributed by atoms with E-state index in [1.165, 1.54) is 6.07 Å². The third-order valence-electron chi connectivity index (χ3n) is 2.91. The van der Waals surface area contributed by atoms with Crippen LogP contribution in [0.1, 0.15) is 22.8 Å². The Labute approximate surface area is 130 Å². The highest BCUT2D eigenvalue weighted by atomic mass is 19.4. The van der Waals surface area contributed by atoms with E-state index in [2.05, 4.69) is 0 Å². The Morgan fingerprint density at radius 2 is 1.91 bits per heavy atom. The Bertz CT molecular complexity index is 714. The van der Waals surface area contributed by atoms with Crippen molar-refractivity contribution in [3.63, 3.8) is 0 Å². The molecule has 0 bridgehead atoms. The number of esters is 1. The van der Waals surface area contributed by atoms with Crippen LogP contribution in [0.15, 0.2) is 42.5 Å². The Kier molecular flexibility index (Phi) is 4.78. The van der Waals surface area contributed by atoms with E-state index in [9.17, 15) is 18.0 Å². The third-order valence-corrected chi connectivity index (χ3v) is 2.91. The van der Waals surface area contributed by atoms with Gasteiger partial charge >= 0.3 is 12.1 Å². The average Bonchev–Trinajstić information content (AvgIpc) is 2.49. The summed E-state index contributed by atoms with van der Waals surface area (Å²) in [6.07, 6.45) is -4.48. The van der Waals surface area contributed by atoms with Gasteiger partial charge in [-0.05, 0) is 43.3 Å². The number of anilines is 1. The zero-order chi connectivity index (χ0) is 17.0. The molecule has 0 heterocycles. The Morgan fingerprint density at radius 3 is 2.52 bits per heavy atom. The molecule has 4 nitrogen and oxygen atoms in total. The van der Waals surface area contributed by atoms with Crippen molar-refractivity contribution in [2.75, 3.05) is 12.3 Å². The minimum Gasteiger partial charge on any atom is -0.462 e. The molecule has 2 rings (SSSR count). The zero-order valence-electron chi connectivity index (χ0n) is 12.2. The molecule has 0 atom stereocenters. The maximum Gasteiger partial charge on any atom is 0.416 e. The van der Waals surface area contributed by atoms with Crippen molar-refractivity contribution in [2.45, 2.75) is 13.1 Å². The molecule has 2 aromatic rings. The largest absolute Gasteiger partial charge is 0.462 e. The maximum atomic E-state index is 12.6. The summed E-state index contributed by atoms with van der Waals surface area (Å²) in [6, 6.07) is 8.90. The minimum atomic E-state index is -4.48. The van der Waals surface area contributed by atoms with Gasteiger partial charge in [-0.1, -0.05) is 6.07 Å². The average molecular weight is 325 g/mol. The first-order valence-electron chi connectivity index (χ1n) is 6.73. The molecule has 0 aliphatic rings. The number of ether oxygens (including phenoxy) is 2. The Morgan fingerprint density at radius 1 is 1.17 bits per heavy atom. The maximum absolute atomic E-state index is 12.6. The van der Waals surface area contributed by atoms with Crippen LogP contribution < -0.4 is 10.5 Å². The molecule has 0 aromatic heterocycles. The van der Waals surface area contributed by atoms with Gasteiger partial charge < -0.3 is 15.2 Å². The highest BCUT2D eigenvalue weighted by Gasteiger charge is 2.31. The van der Waals surface area contributed by atoms with E-state index in [-0.39, 0.29) is 29.4 Å². The van der Waals surface area contributed by atoms with Crippen LogP contribution in [0.4, 0.5) is 18.9 Å². The smallest absolute Gasteiger partial charge is 0.416 e. The van der Waals surface area contributed by atoms with Crippen LogP contribution in [0.25, 0.3) is 0 Å². The number of halogens is 3. The van der Waals surface area contributed by atoms with Gasteiger partial charge in [0.1, 0.15) is 11.5 Å². The molecule has 0 spiro atoms. The second-order valence-corrected chi connectivity index (χ2v) is 4.60. The van der Waals surface area contributed by atoms with Gasteiger partial charge in [0, 0.05) is 0 Å². The van der Waals surface area contributed by atoms with E-state index in [4.69, 9.17) is 15.2 Å². The lowest BCUT2D eigenvalue weighted by atomic mass is 10.2. The number of carbonyl (C=O) groups excluding carboxylic acids is 1. The van der Waals surface area contributed by atoms with Crippen molar-refractivity contribution >= 4 is 11.7 Å². The first-order valence-corrected chi connectivity index (χ1v) is 6.73. The van der Waals surface area contributed by atoms with Crippen molar-refractivity contribution in [3.05, 3.63) is 53.6 Å². The molecule has 0 saturated carbocycles. The standard InChI is InChI=1S/C16H14F3NO3/c1-2-22-15(21)10-4-3-5-12(8-10)23-14-7-6-11(9-13(14)20)16(17,18)19/h3-9H,2,20H2,1H3. The number of alkyl halides is 3. The van der Waals surface area contributed by atoms with E-state index in [0.717, 1.165) is 18.2 Å². The molecular formula is C16H14F3NO3. The number of carbonyl (C=O) groups is 1. The predicted octanol–water partition coefficient (Wildman–Crippen LogP) is 4.26. The molecule has 0 unspecified atom stereocenters. The van der Waals surface area contributed by atoms with Crippen LogP contribution in [0, 0.1) is 0 Å². The molecule has 7 heteroatoms. The highest BCUT2D eigenvalue weighted by molar-refractivity contribution is 5.89. The third kappa shape index (κ3) is 4.15. The Hall–Kier alpha value is -2.70. The summed E-state index contributed by atoms with van der Waals surface area (Å²) >= 11 is 0. The first-order chi connectivity index (χ1) is 10.8. The molecule has 0 fully saturated rings. The van der Waals surface area contributed by atoms with Crippen molar-refractivity contribution in [2.24, 2.45) is 0 Å². The van der Waals surface area contributed by atoms with Gasteiger partial charge in [0.15, 0.2) is 0 Å². The van der Waals surface area contributed by atoms with Gasteiger partial charge in [-0.25, -0.2) is 4.79 Å². The van der Waals surface area contributed by atoms with E-state index in [1.807, 2.05) is 0 Å². The van der Waals surface area contributed by atoms with Crippen LogP contribution in [0.2, 0.25) is 0 Å². The zero-order valence-corrected chi connectivity index (χ0v) is 12.2. The van der Waals surface area contributed by atoms with Gasteiger partial charge in [0.2, 0.25) is 0 Å². The monoisotopic (exact) mass is 325 g/mol. The van der Waals surface area contributed by atoms with Gasteiger partial charge in [-0.3, -0.25) is 0 Å². The molecule has 122 valence electrons. The van der Waals surface area contributed by atoms with E-state index < -0.39 is 17.7 Å². The summed E-state index contributed by atoms with van der Waals surface area (Å²) in [5, 5.41) is 0. The minimum absolute atomic E-state index is 0.0685. The lowest BCUT2D eigenvalue weighted by molar-refractivity contribution is -0.137. The summed E-state index contributed by atoms with van der Waals surface area (Å²) in [4.78, 5) is 11.6. The lowest BCUT2D eigenvalue weighted by Gasteiger charge is -2.12. The molecule has 0 amide bonds. The summed E-state index contributed by atoms with van der Waals surface area (Å²) < 4.78 is 48.1. The fourth-order valence-electron chi connectivity index (χ4n) is 1.85. The summed E-state index contributed by atoms with van der Waals surface area (Å²) in [5.74, 6) is -0.181. The SMILES string of the molecule is CCOC(=O)c1cccc(Oc2ccc(C(F)(F)F)cc2N)c1. The first kappa shape index (κ1) is 16.7. The van der Waals surface area contributed by atoms with Crippen molar-refractivity contribution in [1.82, 2.24) is 0 Å². The van der Waals surface area contributed by atoms with E-state index >= 15 is 0 Å². The second kappa shape index (κ2) is 6.60. The number of nitrogen functional groups attached to an aromatic ring is 1. The molecule has 2 N–H and O–H groups in total. The number of benzene rings is 2. The van der Waals surface area contributed by atoms with Gasteiger partial charge in [-0.15, -0.1) is 0 Å². The fourth-order valence-corrected chi connectivity index (χ4v) is 1.85. The fraction of sp³-hybridized carbons (Fsp3) is 0.188. The van der Waals surface area contributed by atoms with E-state index in [0.29, 0.717) is 0 Å². The predicted molar refractivity (Wildman–Crippen MR) is 78.3 cm³/mol. The normalized spacial score (nSPS) is 11.1. The summed E-state index contributed by atoms with van der Waals surface area (Å²) in [6.45, 7) is 1.91. The van der Waals surface area contributed by atoms with Crippen molar-refractivity contribution in [1.29, 1.82) is 0 Å². The molecule has 0 aliphatic heterocycles. The second-order valence-electron chi connectivity index (χ2n) is 4.60. The van der Waals surface area contributed by atoms with Crippen LogP contribution in [0.5, 0.6) is 11.5 Å². The van der Waals surface area contributed by atoms with Crippen LogP contribution in [-0.2, 0) is 10.9 Å². The quantitative estimate of drug-likeness (QED) is 0.674. The number of hydrogen-bond donors (Lipinski definition) is 1. The molecule has 0 radical (unpaired) electrons. The van der Waals surface area contributed by atoms with Crippen LogP contribution in [0.3, 0.4) is 0 Å². The molecule has 23 heavy (non-hydrogen) atoms. The molecule has 2 aromatic carbocycles. The van der Waals surface area contributed by atoms with Gasteiger partial charge in [-0.2, -0.15) is 13.2 Å². The van der Waals surface area contributed by atoms with Gasteiger partial charge in [0.05, 0.1) is 23.4 Å².